The minimum atomic E-state index is -0.574. The Bertz CT molecular complexity index is 491. The van der Waals surface area contributed by atoms with Crippen LogP contribution < -0.4 is 15.4 Å². The first-order valence-corrected chi connectivity index (χ1v) is 7.21. The number of halogens is 1. The van der Waals surface area contributed by atoms with Gasteiger partial charge in [0.05, 0.1) is 11.6 Å². The van der Waals surface area contributed by atoms with Gasteiger partial charge in [0.15, 0.2) is 0 Å². The van der Waals surface area contributed by atoms with Crippen LogP contribution in [-0.2, 0) is 4.79 Å². The lowest BCUT2D eigenvalue weighted by Crippen LogP contribution is -2.45. The van der Waals surface area contributed by atoms with E-state index >= 15 is 0 Å². The van der Waals surface area contributed by atoms with E-state index in [1.54, 1.807) is 32.2 Å². The van der Waals surface area contributed by atoms with Gasteiger partial charge in [-0.2, -0.15) is 0 Å². The van der Waals surface area contributed by atoms with Crippen molar-refractivity contribution in [3.05, 3.63) is 28.2 Å². The fraction of sp³-hybridized carbons (Fsp3) is 0.429. The molecule has 1 aromatic carbocycles. The third-order valence-electron chi connectivity index (χ3n) is 2.70. The second-order valence-electron chi connectivity index (χ2n) is 4.34. The van der Waals surface area contributed by atoms with Crippen LogP contribution >= 0.6 is 15.9 Å². The lowest BCUT2D eigenvalue weighted by atomic mass is 10.2. The van der Waals surface area contributed by atoms with Crippen LogP contribution in [0.3, 0.4) is 0 Å². The first-order chi connectivity index (χ1) is 9.49. The molecule has 0 fully saturated rings. The van der Waals surface area contributed by atoms with Crippen LogP contribution in [0.2, 0.25) is 0 Å². The maximum Gasteiger partial charge on any atom is 0.251 e. The zero-order valence-electron chi connectivity index (χ0n) is 11.8. The largest absolute Gasteiger partial charge is 0.496 e. The SMILES string of the molecule is CCCNC(=O)C(C)NC(=O)c1ccc(OC)c(Br)c1. The van der Waals surface area contributed by atoms with Gasteiger partial charge in [-0.3, -0.25) is 9.59 Å². The summed E-state index contributed by atoms with van der Waals surface area (Å²) in [5.41, 5.74) is 0.466. The monoisotopic (exact) mass is 342 g/mol. The molecule has 1 atom stereocenters. The van der Waals surface area contributed by atoms with Gasteiger partial charge in [0, 0.05) is 12.1 Å². The Labute approximate surface area is 127 Å². The molecule has 5 nitrogen and oxygen atoms in total. The summed E-state index contributed by atoms with van der Waals surface area (Å²) in [6.07, 6.45) is 0.859. The number of amides is 2. The zero-order chi connectivity index (χ0) is 15.1. The number of hydrogen-bond acceptors (Lipinski definition) is 3. The summed E-state index contributed by atoms with van der Waals surface area (Å²) in [4.78, 5) is 23.7. The summed E-state index contributed by atoms with van der Waals surface area (Å²) < 4.78 is 5.79. The van der Waals surface area contributed by atoms with E-state index in [2.05, 4.69) is 26.6 Å². The van der Waals surface area contributed by atoms with Crippen molar-refractivity contribution < 1.29 is 14.3 Å². The van der Waals surface area contributed by atoms with Crippen LogP contribution in [0.15, 0.2) is 22.7 Å². The number of hydrogen-bond donors (Lipinski definition) is 2. The predicted octanol–water partition coefficient (Wildman–Crippen LogP) is 2.10. The zero-order valence-corrected chi connectivity index (χ0v) is 13.4. The molecule has 0 saturated heterocycles. The van der Waals surface area contributed by atoms with Crippen molar-refractivity contribution >= 4 is 27.7 Å². The summed E-state index contributed by atoms with van der Waals surface area (Å²) in [6.45, 7) is 4.23. The standard InChI is InChI=1S/C14H19BrN2O3/c1-4-7-16-13(18)9(2)17-14(19)10-5-6-12(20-3)11(15)8-10/h5-6,8-9H,4,7H2,1-3H3,(H,16,18)(H,17,19). The second kappa shape index (κ2) is 7.89. The van der Waals surface area contributed by atoms with Crippen molar-refractivity contribution in [2.75, 3.05) is 13.7 Å². The molecule has 0 aliphatic heterocycles. The highest BCUT2D eigenvalue weighted by Gasteiger charge is 2.16. The number of benzene rings is 1. The van der Waals surface area contributed by atoms with Crippen molar-refractivity contribution in [1.82, 2.24) is 10.6 Å². The van der Waals surface area contributed by atoms with Crippen molar-refractivity contribution in [2.24, 2.45) is 0 Å². The molecular weight excluding hydrogens is 324 g/mol. The van der Waals surface area contributed by atoms with Gasteiger partial charge in [-0.1, -0.05) is 6.92 Å². The molecule has 2 amide bonds. The average Bonchev–Trinajstić information content (AvgIpc) is 2.44. The Morgan fingerprint density at radius 3 is 2.65 bits per heavy atom. The number of nitrogens with one attached hydrogen (secondary N) is 2. The molecule has 0 radical (unpaired) electrons. The number of carbonyl (C=O) groups excluding carboxylic acids is 2. The van der Waals surface area contributed by atoms with Crippen molar-refractivity contribution in [3.8, 4) is 5.75 Å². The molecule has 1 unspecified atom stereocenters. The smallest absolute Gasteiger partial charge is 0.251 e. The fourth-order valence-electron chi connectivity index (χ4n) is 1.55. The number of rotatable bonds is 6. The topological polar surface area (TPSA) is 67.4 Å². The van der Waals surface area contributed by atoms with E-state index < -0.39 is 6.04 Å². The van der Waals surface area contributed by atoms with E-state index in [-0.39, 0.29) is 11.8 Å². The molecule has 2 N–H and O–H groups in total. The highest BCUT2D eigenvalue weighted by Crippen LogP contribution is 2.25. The lowest BCUT2D eigenvalue weighted by Gasteiger charge is -2.14. The van der Waals surface area contributed by atoms with Gasteiger partial charge < -0.3 is 15.4 Å². The molecular formula is C14H19BrN2O3. The van der Waals surface area contributed by atoms with Gasteiger partial charge in [-0.15, -0.1) is 0 Å². The van der Waals surface area contributed by atoms with Crippen LogP contribution in [0.4, 0.5) is 0 Å². The molecule has 0 heterocycles. The molecule has 0 aliphatic rings. The maximum atomic E-state index is 12.0. The van der Waals surface area contributed by atoms with Crippen LogP contribution in [0.1, 0.15) is 30.6 Å². The van der Waals surface area contributed by atoms with Gasteiger partial charge in [0.25, 0.3) is 5.91 Å². The minimum Gasteiger partial charge on any atom is -0.496 e. The first kappa shape index (κ1) is 16.5. The summed E-state index contributed by atoms with van der Waals surface area (Å²) in [5.74, 6) is 0.163. The highest BCUT2D eigenvalue weighted by atomic mass is 79.9. The average molecular weight is 343 g/mol. The molecule has 110 valence electrons. The van der Waals surface area contributed by atoms with E-state index in [1.807, 2.05) is 6.92 Å². The van der Waals surface area contributed by atoms with Crippen molar-refractivity contribution in [3.63, 3.8) is 0 Å². The third-order valence-corrected chi connectivity index (χ3v) is 3.32. The summed E-state index contributed by atoms with van der Waals surface area (Å²) in [7, 11) is 1.56. The Morgan fingerprint density at radius 1 is 1.40 bits per heavy atom. The summed E-state index contributed by atoms with van der Waals surface area (Å²) >= 11 is 3.32. The van der Waals surface area contributed by atoms with Gasteiger partial charge in [-0.05, 0) is 47.5 Å². The van der Waals surface area contributed by atoms with E-state index in [4.69, 9.17) is 4.74 Å². The van der Waals surface area contributed by atoms with Crippen molar-refractivity contribution in [1.29, 1.82) is 0 Å². The van der Waals surface area contributed by atoms with E-state index in [0.717, 1.165) is 6.42 Å². The predicted molar refractivity (Wildman–Crippen MR) is 80.9 cm³/mol. The molecule has 1 rings (SSSR count). The third kappa shape index (κ3) is 4.52. The maximum absolute atomic E-state index is 12.0. The number of ether oxygens (including phenoxy) is 1. The Balaban J connectivity index is 2.66. The van der Waals surface area contributed by atoms with Gasteiger partial charge >= 0.3 is 0 Å². The highest BCUT2D eigenvalue weighted by molar-refractivity contribution is 9.10. The van der Waals surface area contributed by atoms with Crippen molar-refractivity contribution in [2.45, 2.75) is 26.3 Å². The Morgan fingerprint density at radius 2 is 2.10 bits per heavy atom. The van der Waals surface area contributed by atoms with Crippen LogP contribution in [0, 0.1) is 0 Å². The number of carbonyl (C=O) groups is 2. The van der Waals surface area contributed by atoms with Crippen LogP contribution in [-0.4, -0.2) is 31.5 Å². The molecule has 0 aliphatic carbocycles. The second-order valence-corrected chi connectivity index (χ2v) is 5.19. The van der Waals surface area contributed by atoms with Gasteiger partial charge in [0.2, 0.25) is 5.91 Å². The van der Waals surface area contributed by atoms with E-state index in [0.29, 0.717) is 22.3 Å². The number of methoxy groups -OCH3 is 1. The molecule has 0 spiro atoms. The molecule has 0 saturated carbocycles. The van der Waals surface area contributed by atoms with Crippen LogP contribution in [0.25, 0.3) is 0 Å². The lowest BCUT2D eigenvalue weighted by molar-refractivity contribution is -0.122. The Kier molecular flexibility index (Phi) is 6.51. The quantitative estimate of drug-likeness (QED) is 0.831. The molecule has 0 bridgehead atoms. The molecule has 0 aromatic heterocycles. The van der Waals surface area contributed by atoms with Crippen LogP contribution in [0.5, 0.6) is 5.75 Å². The van der Waals surface area contributed by atoms with Gasteiger partial charge in [0.1, 0.15) is 11.8 Å². The van der Waals surface area contributed by atoms with Gasteiger partial charge in [-0.25, -0.2) is 0 Å². The summed E-state index contributed by atoms with van der Waals surface area (Å²) in [6, 6.07) is 4.43. The molecule has 20 heavy (non-hydrogen) atoms. The minimum absolute atomic E-state index is 0.187. The fourth-order valence-corrected chi connectivity index (χ4v) is 2.10. The first-order valence-electron chi connectivity index (χ1n) is 6.41. The molecule has 6 heteroatoms. The molecule has 1 aromatic rings. The Hall–Kier alpha value is -1.56. The summed E-state index contributed by atoms with van der Waals surface area (Å²) in [5, 5.41) is 5.39. The van der Waals surface area contributed by atoms with E-state index in [9.17, 15) is 9.59 Å². The normalized spacial score (nSPS) is 11.6. The van der Waals surface area contributed by atoms with E-state index in [1.165, 1.54) is 0 Å².